The number of hydrogen-bond acceptors (Lipinski definition) is 4. The summed E-state index contributed by atoms with van der Waals surface area (Å²) in [5, 5.41) is 0. The van der Waals surface area contributed by atoms with E-state index in [2.05, 4.69) is 46.0 Å². The summed E-state index contributed by atoms with van der Waals surface area (Å²) in [6, 6.07) is 27.7. The summed E-state index contributed by atoms with van der Waals surface area (Å²) in [6.45, 7) is 4.38. The van der Waals surface area contributed by atoms with E-state index in [9.17, 15) is 18.0 Å². The number of alkyl halides is 3. The Kier molecular flexibility index (Phi) is 9.80. The van der Waals surface area contributed by atoms with Crippen LogP contribution in [0.2, 0.25) is 0 Å². The summed E-state index contributed by atoms with van der Waals surface area (Å²) < 4.78 is 39.0. The molecule has 1 amide bonds. The number of benzene rings is 3. The van der Waals surface area contributed by atoms with Gasteiger partial charge in [0, 0.05) is 68.6 Å². The van der Waals surface area contributed by atoms with Gasteiger partial charge in [-0.15, -0.1) is 0 Å². The van der Waals surface area contributed by atoms with Crippen LogP contribution >= 0.6 is 0 Å². The number of aromatic nitrogens is 1. The van der Waals surface area contributed by atoms with Crippen LogP contribution in [0.1, 0.15) is 48.1 Å². The Morgan fingerprint density at radius 1 is 0.909 bits per heavy atom. The van der Waals surface area contributed by atoms with Crippen molar-refractivity contribution in [3.05, 3.63) is 132 Å². The summed E-state index contributed by atoms with van der Waals surface area (Å²) in [6.07, 6.45) is 3.85. The fourth-order valence-corrected chi connectivity index (χ4v) is 5.70. The third kappa shape index (κ3) is 7.74. The number of halogens is 3. The molecular formula is C36H37F3N4O. The van der Waals surface area contributed by atoms with Crippen LogP contribution in [-0.2, 0) is 17.5 Å². The van der Waals surface area contributed by atoms with Gasteiger partial charge in [0.05, 0.1) is 5.56 Å². The molecule has 0 N–H and O–H groups in total. The molecule has 0 radical (unpaired) electrons. The van der Waals surface area contributed by atoms with Crippen LogP contribution in [-0.4, -0.2) is 46.9 Å². The minimum Gasteiger partial charge on any atom is -0.345 e. The van der Waals surface area contributed by atoms with Crippen molar-refractivity contribution in [1.29, 1.82) is 0 Å². The van der Waals surface area contributed by atoms with Crippen molar-refractivity contribution in [3.63, 3.8) is 0 Å². The molecule has 1 aliphatic heterocycles. The topological polar surface area (TPSA) is 39.7 Å². The van der Waals surface area contributed by atoms with Crippen LogP contribution in [0.4, 0.5) is 24.5 Å². The molecule has 1 saturated heterocycles. The molecule has 44 heavy (non-hydrogen) atoms. The van der Waals surface area contributed by atoms with Gasteiger partial charge in [-0.2, -0.15) is 13.2 Å². The second kappa shape index (κ2) is 13.9. The SMILES string of the molecule is CC(c1ccccc1)N1CCC(N(Cc2ccc(N(C)c3ccncc3)cc2)C(=O)/C=C/c2ccc(C(F)(F)F)cc2)CC1. The number of nitrogens with zero attached hydrogens (tertiary/aromatic N) is 4. The second-order valence-corrected chi connectivity index (χ2v) is 11.2. The van der Waals surface area contributed by atoms with Gasteiger partial charge in [0.15, 0.2) is 0 Å². The van der Waals surface area contributed by atoms with Gasteiger partial charge in [-0.1, -0.05) is 54.6 Å². The number of carbonyl (C=O) groups excluding carboxylic acids is 1. The smallest absolute Gasteiger partial charge is 0.345 e. The fraction of sp³-hybridized carbons (Fsp3) is 0.278. The van der Waals surface area contributed by atoms with Gasteiger partial charge in [0.2, 0.25) is 5.91 Å². The van der Waals surface area contributed by atoms with Gasteiger partial charge in [0.25, 0.3) is 0 Å². The first-order chi connectivity index (χ1) is 21.2. The van der Waals surface area contributed by atoms with E-state index < -0.39 is 11.7 Å². The number of piperidine rings is 1. The van der Waals surface area contributed by atoms with E-state index in [1.54, 1.807) is 18.5 Å². The predicted molar refractivity (Wildman–Crippen MR) is 169 cm³/mol. The number of carbonyl (C=O) groups is 1. The molecule has 0 bridgehead atoms. The van der Waals surface area contributed by atoms with Crippen molar-refractivity contribution in [1.82, 2.24) is 14.8 Å². The molecule has 8 heteroatoms. The highest BCUT2D eigenvalue weighted by Gasteiger charge is 2.31. The molecule has 5 rings (SSSR count). The Morgan fingerprint density at radius 2 is 1.52 bits per heavy atom. The van der Waals surface area contributed by atoms with Gasteiger partial charge in [-0.05, 0) is 78.9 Å². The molecule has 228 valence electrons. The summed E-state index contributed by atoms with van der Waals surface area (Å²) in [7, 11) is 2.00. The summed E-state index contributed by atoms with van der Waals surface area (Å²) in [5.41, 5.74) is 4.15. The lowest BCUT2D eigenvalue weighted by Gasteiger charge is -2.40. The first kappa shape index (κ1) is 31.0. The van der Waals surface area contributed by atoms with E-state index in [0.29, 0.717) is 12.1 Å². The molecule has 0 saturated carbocycles. The van der Waals surface area contributed by atoms with E-state index in [1.807, 2.05) is 54.4 Å². The number of anilines is 2. The van der Waals surface area contributed by atoms with Crippen molar-refractivity contribution < 1.29 is 18.0 Å². The molecule has 1 aromatic heterocycles. The Bertz CT molecular complexity index is 1520. The molecule has 1 aliphatic rings. The molecule has 4 aromatic rings. The molecule has 2 heterocycles. The summed E-state index contributed by atoms with van der Waals surface area (Å²) in [5.74, 6) is -0.155. The van der Waals surface area contributed by atoms with E-state index in [1.165, 1.54) is 23.8 Å². The predicted octanol–water partition coefficient (Wildman–Crippen LogP) is 8.14. The normalized spacial score (nSPS) is 15.3. The van der Waals surface area contributed by atoms with Crippen LogP contribution in [0.15, 0.2) is 109 Å². The average Bonchev–Trinajstić information content (AvgIpc) is 3.06. The molecule has 1 fully saturated rings. The monoisotopic (exact) mass is 598 g/mol. The highest BCUT2D eigenvalue weighted by Crippen LogP contribution is 2.30. The van der Waals surface area contributed by atoms with Crippen LogP contribution in [0.3, 0.4) is 0 Å². The molecule has 5 nitrogen and oxygen atoms in total. The van der Waals surface area contributed by atoms with Crippen LogP contribution in [0, 0.1) is 0 Å². The maximum Gasteiger partial charge on any atom is 0.416 e. The summed E-state index contributed by atoms with van der Waals surface area (Å²) >= 11 is 0. The van der Waals surface area contributed by atoms with Gasteiger partial charge in [-0.25, -0.2) is 0 Å². The third-order valence-corrected chi connectivity index (χ3v) is 8.44. The first-order valence-corrected chi connectivity index (χ1v) is 14.9. The van der Waals surface area contributed by atoms with Crippen molar-refractivity contribution >= 4 is 23.4 Å². The maximum absolute atomic E-state index is 13.7. The summed E-state index contributed by atoms with van der Waals surface area (Å²) in [4.78, 5) is 24.2. The minimum absolute atomic E-state index is 0.0400. The zero-order valence-corrected chi connectivity index (χ0v) is 25.0. The van der Waals surface area contributed by atoms with Crippen molar-refractivity contribution in [2.45, 2.75) is 44.6 Å². The Labute approximate surface area is 257 Å². The molecule has 0 spiro atoms. The highest BCUT2D eigenvalue weighted by atomic mass is 19.4. The third-order valence-electron chi connectivity index (χ3n) is 8.44. The Hall–Kier alpha value is -4.43. The van der Waals surface area contributed by atoms with Crippen LogP contribution < -0.4 is 4.90 Å². The molecule has 3 aromatic carbocycles. The van der Waals surface area contributed by atoms with Gasteiger partial charge >= 0.3 is 6.18 Å². The van der Waals surface area contributed by atoms with Gasteiger partial charge in [-0.3, -0.25) is 14.7 Å². The van der Waals surface area contributed by atoms with Crippen LogP contribution in [0.5, 0.6) is 0 Å². The molecule has 1 unspecified atom stereocenters. The van der Waals surface area contributed by atoms with E-state index in [0.717, 1.165) is 55.0 Å². The largest absolute Gasteiger partial charge is 0.416 e. The van der Waals surface area contributed by atoms with E-state index >= 15 is 0 Å². The van der Waals surface area contributed by atoms with Gasteiger partial charge in [0.1, 0.15) is 0 Å². The zero-order chi connectivity index (χ0) is 31.1. The van der Waals surface area contributed by atoms with Crippen molar-refractivity contribution in [2.75, 3.05) is 25.0 Å². The highest BCUT2D eigenvalue weighted by molar-refractivity contribution is 5.92. The lowest BCUT2D eigenvalue weighted by Crippen LogP contribution is -2.47. The lowest BCUT2D eigenvalue weighted by molar-refractivity contribution is -0.137. The Morgan fingerprint density at radius 3 is 2.14 bits per heavy atom. The molecule has 0 aliphatic carbocycles. The number of hydrogen-bond donors (Lipinski definition) is 0. The van der Waals surface area contributed by atoms with E-state index in [4.69, 9.17) is 0 Å². The Balaban J connectivity index is 1.31. The molecular weight excluding hydrogens is 561 g/mol. The van der Waals surface area contributed by atoms with E-state index in [-0.39, 0.29) is 18.0 Å². The van der Waals surface area contributed by atoms with Gasteiger partial charge < -0.3 is 9.80 Å². The quantitative estimate of drug-likeness (QED) is 0.182. The maximum atomic E-state index is 13.7. The number of rotatable bonds is 9. The number of likely N-dealkylation sites (tertiary alicyclic amines) is 1. The molecule has 1 atom stereocenters. The number of amides is 1. The zero-order valence-electron chi connectivity index (χ0n) is 25.0. The average molecular weight is 599 g/mol. The lowest BCUT2D eigenvalue weighted by atomic mass is 9.98. The number of pyridine rings is 1. The van der Waals surface area contributed by atoms with Crippen LogP contribution in [0.25, 0.3) is 6.08 Å². The first-order valence-electron chi connectivity index (χ1n) is 14.9. The second-order valence-electron chi connectivity index (χ2n) is 11.2. The standard InChI is InChI=1S/C36H37F3N4O/c1-27(30-6-4-3-5-7-30)42-24-20-34(21-25-42)43(35(44)17-12-28-8-13-31(14-9-28)36(37,38)39)26-29-10-15-32(16-11-29)41(2)33-18-22-40-23-19-33/h3-19,22-23,27,34H,20-21,24-26H2,1-2H3/b17-12+. The van der Waals surface area contributed by atoms with Crippen molar-refractivity contribution in [2.24, 2.45) is 0 Å². The van der Waals surface area contributed by atoms with Crippen molar-refractivity contribution in [3.8, 4) is 0 Å². The minimum atomic E-state index is -4.40. The fourth-order valence-electron chi connectivity index (χ4n) is 5.70.